The summed E-state index contributed by atoms with van der Waals surface area (Å²) in [5, 5.41) is 0. The molecule has 154 valence electrons. The lowest BCUT2D eigenvalue weighted by Gasteiger charge is -2.39. The Bertz CT molecular complexity index is 871. The molecule has 0 aromatic heterocycles. The third-order valence-corrected chi connectivity index (χ3v) is 5.92. The number of hydrogen-bond donors (Lipinski definition) is 1. The Morgan fingerprint density at radius 1 is 1.14 bits per heavy atom. The lowest BCUT2D eigenvalue weighted by molar-refractivity contribution is -0.145. The van der Waals surface area contributed by atoms with E-state index in [1.165, 1.54) is 5.56 Å². The number of amides is 1. The summed E-state index contributed by atoms with van der Waals surface area (Å²) in [6.07, 6.45) is 1.87. The van der Waals surface area contributed by atoms with E-state index < -0.39 is 6.10 Å². The number of nitrogens with zero attached hydrogens (tertiary/aromatic N) is 1. The number of ether oxygens (including phenoxy) is 3. The minimum Gasteiger partial charge on any atom is -0.493 e. The molecular weight excluding hydrogens is 368 g/mol. The number of carbonyl (C=O) groups is 1. The first-order valence-corrected chi connectivity index (χ1v) is 10.1. The molecule has 1 amide bonds. The second kappa shape index (κ2) is 8.43. The summed E-state index contributed by atoms with van der Waals surface area (Å²) in [4.78, 5) is 15.4. The second-order valence-corrected chi connectivity index (χ2v) is 7.56. The molecule has 0 aliphatic carbocycles. The van der Waals surface area contributed by atoms with Crippen molar-refractivity contribution >= 4 is 5.91 Å². The van der Waals surface area contributed by atoms with Crippen molar-refractivity contribution in [1.29, 1.82) is 0 Å². The zero-order valence-corrected chi connectivity index (χ0v) is 17.0. The Kier molecular flexibility index (Phi) is 5.74. The van der Waals surface area contributed by atoms with E-state index >= 15 is 0 Å². The van der Waals surface area contributed by atoms with Gasteiger partial charge in [-0.05, 0) is 48.1 Å². The Hall–Kier alpha value is -2.57. The molecule has 0 bridgehead atoms. The van der Waals surface area contributed by atoms with Gasteiger partial charge in [-0.15, -0.1) is 0 Å². The number of hydrogen-bond acceptors (Lipinski definition) is 5. The van der Waals surface area contributed by atoms with Gasteiger partial charge in [0.05, 0.1) is 26.4 Å². The van der Waals surface area contributed by atoms with Crippen LogP contribution in [0.5, 0.6) is 11.5 Å². The van der Waals surface area contributed by atoms with Crippen LogP contribution >= 0.6 is 0 Å². The van der Waals surface area contributed by atoms with E-state index in [0.717, 1.165) is 30.4 Å². The maximum atomic E-state index is 13.4. The van der Waals surface area contributed by atoms with E-state index in [4.69, 9.17) is 19.9 Å². The van der Waals surface area contributed by atoms with Gasteiger partial charge in [-0.3, -0.25) is 4.79 Å². The molecule has 1 unspecified atom stereocenters. The first kappa shape index (κ1) is 19.7. The number of rotatable bonds is 5. The smallest absolute Gasteiger partial charge is 0.252 e. The average molecular weight is 396 g/mol. The SMILES string of the molecule is COc1cc2c(cc1OC)C(c1ccccc1)N(C(=O)[C@@H]1CC[C@H](CN)O1)CC2. The van der Waals surface area contributed by atoms with Crippen LogP contribution in [-0.4, -0.2) is 50.3 Å². The van der Waals surface area contributed by atoms with Crippen LogP contribution in [0.25, 0.3) is 0 Å². The molecule has 2 N–H and O–H groups in total. The number of fused-ring (bicyclic) bond motifs is 1. The van der Waals surface area contributed by atoms with Crippen LogP contribution in [-0.2, 0) is 16.0 Å². The molecule has 0 saturated carbocycles. The summed E-state index contributed by atoms with van der Waals surface area (Å²) >= 11 is 0. The van der Waals surface area contributed by atoms with Gasteiger partial charge in [-0.25, -0.2) is 0 Å². The normalized spacial score (nSPS) is 23.6. The van der Waals surface area contributed by atoms with Crippen molar-refractivity contribution in [3.63, 3.8) is 0 Å². The number of nitrogens with two attached hydrogens (primary N) is 1. The Morgan fingerprint density at radius 3 is 2.52 bits per heavy atom. The molecular formula is C23H28N2O4. The Morgan fingerprint density at radius 2 is 1.86 bits per heavy atom. The third-order valence-electron chi connectivity index (χ3n) is 5.92. The van der Waals surface area contributed by atoms with Gasteiger partial charge in [0.2, 0.25) is 0 Å². The fraction of sp³-hybridized carbons (Fsp3) is 0.435. The van der Waals surface area contributed by atoms with Gasteiger partial charge in [0.25, 0.3) is 5.91 Å². The predicted octanol–water partition coefficient (Wildman–Crippen LogP) is 2.68. The maximum absolute atomic E-state index is 13.4. The standard InChI is InChI=1S/C23H28N2O4/c1-27-20-12-16-10-11-25(23(26)19-9-8-17(14-24)29-19)22(15-6-4-3-5-7-15)18(16)13-21(20)28-2/h3-7,12-13,17,19,22H,8-11,14,24H2,1-2H3/t17-,19+,22?/m1/s1. The molecule has 1 fully saturated rings. The van der Waals surface area contributed by atoms with Crippen LogP contribution in [0.1, 0.15) is 35.6 Å². The minimum atomic E-state index is -0.420. The molecule has 1 saturated heterocycles. The van der Waals surface area contributed by atoms with Crippen molar-refractivity contribution in [3.05, 3.63) is 59.2 Å². The Labute approximate surface area is 171 Å². The molecule has 2 aliphatic heterocycles. The average Bonchev–Trinajstić information content (AvgIpc) is 3.26. The third kappa shape index (κ3) is 3.70. The number of benzene rings is 2. The van der Waals surface area contributed by atoms with Gasteiger partial charge in [0.1, 0.15) is 6.10 Å². The molecule has 2 aromatic rings. The lowest BCUT2D eigenvalue weighted by Crippen LogP contribution is -2.45. The summed E-state index contributed by atoms with van der Waals surface area (Å²) in [6.45, 7) is 1.08. The van der Waals surface area contributed by atoms with Crippen molar-refractivity contribution < 1.29 is 19.0 Å². The van der Waals surface area contributed by atoms with E-state index in [1.54, 1.807) is 14.2 Å². The van der Waals surface area contributed by atoms with Crippen LogP contribution in [0.2, 0.25) is 0 Å². The molecule has 4 rings (SSSR count). The molecule has 6 nitrogen and oxygen atoms in total. The molecule has 0 radical (unpaired) electrons. The van der Waals surface area contributed by atoms with Gasteiger partial charge < -0.3 is 24.8 Å². The zero-order valence-electron chi connectivity index (χ0n) is 17.0. The second-order valence-electron chi connectivity index (χ2n) is 7.56. The molecule has 2 aromatic carbocycles. The molecule has 29 heavy (non-hydrogen) atoms. The van der Waals surface area contributed by atoms with Crippen molar-refractivity contribution in [2.75, 3.05) is 27.3 Å². The first-order chi connectivity index (χ1) is 14.2. The predicted molar refractivity (Wildman–Crippen MR) is 110 cm³/mol. The summed E-state index contributed by atoms with van der Waals surface area (Å²) in [6, 6.07) is 14.0. The zero-order chi connectivity index (χ0) is 20.4. The van der Waals surface area contributed by atoms with Crippen LogP contribution in [0.15, 0.2) is 42.5 Å². The van der Waals surface area contributed by atoms with E-state index in [0.29, 0.717) is 24.6 Å². The molecule has 0 spiro atoms. The van der Waals surface area contributed by atoms with Crippen LogP contribution in [0, 0.1) is 0 Å². The van der Waals surface area contributed by atoms with Gasteiger partial charge in [-0.2, -0.15) is 0 Å². The van der Waals surface area contributed by atoms with Crippen molar-refractivity contribution in [2.45, 2.75) is 37.5 Å². The minimum absolute atomic E-state index is 0.0273. The summed E-state index contributed by atoms with van der Waals surface area (Å²) in [5.74, 6) is 1.42. The van der Waals surface area contributed by atoms with Crippen LogP contribution in [0.4, 0.5) is 0 Å². The monoisotopic (exact) mass is 396 g/mol. The lowest BCUT2D eigenvalue weighted by atomic mass is 9.87. The van der Waals surface area contributed by atoms with Gasteiger partial charge >= 0.3 is 0 Å². The largest absolute Gasteiger partial charge is 0.493 e. The van der Waals surface area contributed by atoms with Gasteiger partial charge in [0, 0.05) is 13.1 Å². The van der Waals surface area contributed by atoms with E-state index in [1.807, 2.05) is 35.2 Å². The van der Waals surface area contributed by atoms with E-state index in [-0.39, 0.29) is 18.1 Å². The van der Waals surface area contributed by atoms with Crippen molar-refractivity contribution in [1.82, 2.24) is 4.90 Å². The van der Waals surface area contributed by atoms with Crippen molar-refractivity contribution in [2.24, 2.45) is 5.73 Å². The van der Waals surface area contributed by atoms with E-state index in [2.05, 4.69) is 12.1 Å². The van der Waals surface area contributed by atoms with E-state index in [9.17, 15) is 4.79 Å². The molecule has 2 heterocycles. The summed E-state index contributed by atoms with van der Waals surface area (Å²) in [7, 11) is 3.27. The fourth-order valence-electron chi connectivity index (χ4n) is 4.42. The number of carbonyl (C=O) groups excluding carboxylic acids is 1. The highest BCUT2D eigenvalue weighted by Crippen LogP contribution is 2.41. The van der Waals surface area contributed by atoms with Crippen LogP contribution < -0.4 is 15.2 Å². The van der Waals surface area contributed by atoms with Gasteiger partial charge in [-0.1, -0.05) is 30.3 Å². The fourth-order valence-corrected chi connectivity index (χ4v) is 4.42. The highest BCUT2D eigenvalue weighted by molar-refractivity contribution is 5.82. The summed E-state index contributed by atoms with van der Waals surface area (Å²) in [5.41, 5.74) is 9.06. The highest BCUT2D eigenvalue weighted by Gasteiger charge is 2.39. The highest BCUT2D eigenvalue weighted by atomic mass is 16.5. The van der Waals surface area contributed by atoms with Crippen LogP contribution in [0.3, 0.4) is 0 Å². The van der Waals surface area contributed by atoms with Crippen molar-refractivity contribution in [3.8, 4) is 11.5 Å². The number of methoxy groups -OCH3 is 2. The first-order valence-electron chi connectivity index (χ1n) is 10.1. The Balaban J connectivity index is 1.74. The molecule has 2 aliphatic rings. The summed E-state index contributed by atoms with van der Waals surface area (Å²) < 4.78 is 16.9. The molecule has 3 atom stereocenters. The quantitative estimate of drug-likeness (QED) is 0.841. The maximum Gasteiger partial charge on any atom is 0.252 e. The topological polar surface area (TPSA) is 74.0 Å². The van der Waals surface area contributed by atoms with Gasteiger partial charge in [0.15, 0.2) is 11.5 Å². The molecule has 6 heteroatoms.